The second-order valence-electron chi connectivity index (χ2n) is 7.85. The van der Waals surface area contributed by atoms with E-state index in [0.29, 0.717) is 31.8 Å². The Kier molecular flexibility index (Phi) is 5.01. The van der Waals surface area contributed by atoms with E-state index in [-0.39, 0.29) is 23.2 Å². The van der Waals surface area contributed by atoms with E-state index in [9.17, 15) is 18.0 Å². The molecule has 2 heterocycles. The van der Waals surface area contributed by atoms with Gasteiger partial charge in [-0.3, -0.25) is 4.79 Å². The quantitative estimate of drug-likeness (QED) is 0.768. The van der Waals surface area contributed by atoms with E-state index in [0.717, 1.165) is 12.1 Å². The number of hydrogen-bond donors (Lipinski definition) is 0. The minimum atomic E-state index is -4.42. The molecule has 0 atom stereocenters. The summed E-state index contributed by atoms with van der Waals surface area (Å²) >= 11 is 0. The molecule has 5 nitrogen and oxygen atoms in total. The largest absolute Gasteiger partial charge is 0.416 e. The van der Waals surface area contributed by atoms with Gasteiger partial charge in [0.15, 0.2) is 0 Å². The smallest absolute Gasteiger partial charge is 0.342 e. The monoisotopic (exact) mass is 381 g/mol. The van der Waals surface area contributed by atoms with Crippen LogP contribution in [0.3, 0.4) is 0 Å². The fourth-order valence-electron chi connectivity index (χ4n) is 3.16. The molecule has 1 amide bonds. The molecule has 0 unspecified atom stereocenters. The highest BCUT2D eigenvalue weighted by atomic mass is 19.4. The molecular formula is C19H22F3N3O2. The average molecular weight is 381 g/mol. The Labute approximate surface area is 155 Å². The van der Waals surface area contributed by atoms with Gasteiger partial charge in [-0.15, -0.1) is 0 Å². The number of halogens is 3. The molecule has 2 aromatic rings. The van der Waals surface area contributed by atoms with Crippen LogP contribution in [-0.2, 0) is 11.0 Å². The third kappa shape index (κ3) is 4.31. The Bertz CT molecular complexity index is 816. The van der Waals surface area contributed by atoms with Crippen LogP contribution in [0.2, 0.25) is 0 Å². The molecule has 8 heteroatoms. The minimum absolute atomic E-state index is 0.000988. The number of carbonyl (C=O) groups excluding carboxylic acids is 1. The van der Waals surface area contributed by atoms with Gasteiger partial charge >= 0.3 is 6.18 Å². The first-order valence-electron chi connectivity index (χ1n) is 8.86. The summed E-state index contributed by atoms with van der Waals surface area (Å²) in [7, 11) is 0. The van der Waals surface area contributed by atoms with Gasteiger partial charge in [0, 0.05) is 30.0 Å². The van der Waals surface area contributed by atoms with Gasteiger partial charge in [0.05, 0.1) is 5.56 Å². The first-order valence-corrected chi connectivity index (χ1v) is 8.86. The highest BCUT2D eigenvalue weighted by molar-refractivity contribution is 5.81. The highest BCUT2D eigenvalue weighted by Gasteiger charge is 2.33. The molecule has 1 aromatic carbocycles. The van der Waals surface area contributed by atoms with Crippen molar-refractivity contribution in [3.8, 4) is 11.4 Å². The number of aromatic nitrogens is 2. The normalized spacial score (nSPS) is 16.6. The van der Waals surface area contributed by atoms with Crippen molar-refractivity contribution in [1.29, 1.82) is 0 Å². The van der Waals surface area contributed by atoms with Gasteiger partial charge < -0.3 is 9.42 Å². The van der Waals surface area contributed by atoms with Crippen molar-refractivity contribution in [2.45, 2.75) is 45.7 Å². The molecule has 0 N–H and O–H groups in total. The lowest BCUT2D eigenvalue weighted by molar-refractivity contribution is -0.140. The van der Waals surface area contributed by atoms with Crippen LogP contribution in [-0.4, -0.2) is 34.0 Å². The van der Waals surface area contributed by atoms with Crippen molar-refractivity contribution < 1.29 is 22.5 Å². The van der Waals surface area contributed by atoms with Crippen molar-refractivity contribution in [3.05, 3.63) is 35.7 Å². The molecule has 1 aliphatic rings. The predicted octanol–water partition coefficient (Wildman–Crippen LogP) is 4.51. The molecule has 0 spiro atoms. The van der Waals surface area contributed by atoms with E-state index in [4.69, 9.17) is 4.52 Å². The van der Waals surface area contributed by atoms with Crippen LogP contribution in [0.5, 0.6) is 0 Å². The molecule has 0 aliphatic carbocycles. The summed E-state index contributed by atoms with van der Waals surface area (Å²) in [5, 5.41) is 3.84. The van der Waals surface area contributed by atoms with E-state index in [1.807, 2.05) is 25.7 Å². The number of likely N-dealkylation sites (tertiary alicyclic amines) is 1. The third-order valence-corrected chi connectivity index (χ3v) is 4.66. The summed E-state index contributed by atoms with van der Waals surface area (Å²) in [4.78, 5) is 18.5. The van der Waals surface area contributed by atoms with Crippen molar-refractivity contribution >= 4 is 5.91 Å². The molecular weight excluding hydrogens is 359 g/mol. The maximum Gasteiger partial charge on any atom is 0.416 e. The lowest BCUT2D eigenvalue weighted by Gasteiger charge is -2.34. The molecule has 0 radical (unpaired) electrons. The van der Waals surface area contributed by atoms with Crippen LogP contribution in [0.1, 0.15) is 51.0 Å². The van der Waals surface area contributed by atoms with Gasteiger partial charge in [-0.2, -0.15) is 18.2 Å². The van der Waals surface area contributed by atoms with E-state index >= 15 is 0 Å². The van der Waals surface area contributed by atoms with E-state index in [2.05, 4.69) is 10.1 Å². The van der Waals surface area contributed by atoms with Crippen molar-refractivity contribution in [2.75, 3.05) is 13.1 Å². The number of alkyl halides is 3. The second-order valence-corrected chi connectivity index (χ2v) is 7.85. The molecule has 1 aliphatic heterocycles. The fourth-order valence-corrected chi connectivity index (χ4v) is 3.16. The Morgan fingerprint density at radius 1 is 1.19 bits per heavy atom. The van der Waals surface area contributed by atoms with Crippen LogP contribution >= 0.6 is 0 Å². The summed E-state index contributed by atoms with van der Waals surface area (Å²) in [6, 6.07) is 4.87. The molecule has 0 bridgehead atoms. The predicted molar refractivity (Wildman–Crippen MR) is 92.7 cm³/mol. The topological polar surface area (TPSA) is 59.2 Å². The number of benzene rings is 1. The van der Waals surface area contributed by atoms with Gasteiger partial charge in [0.2, 0.25) is 17.6 Å². The van der Waals surface area contributed by atoms with E-state index in [1.54, 1.807) is 0 Å². The second kappa shape index (κ2) is 6.98. The molecule has 146 valence electrons. The van der Waals surface area contributed by atoms with Crippen LogP contribution < -0.4 is 0 Å². The molecule has 0 saturated carbocycles. The van der Waals surface area contributed by atoms with Gasteiger partial charge in [-0.05, 0) is 25.0 Å². The first-order chi connectivity index (χ1) is 12.6. The van der Waals surface area contributed by atoms with Gasteiger partial charge in [-0.25, -0.2) is 0 Å². The zero-order valence-corrected chi connectivity index (χ0v) is 15.5. The van der Waals surface area contributed by atoms with Crippen molar-refractivity contribution in [3.63, 3.8) is 0 Å². The first kappa shape index (κ1) is 19.4. The summed E-state index contributed by atoms with van der Waals surface area (Å²) in [5.74, 6) is 0.659. The van der Waals surface area contributed by atoms with Crippen LogP contribution in [0.4, 0.5) is 13.2 Å². The SMILES string of the molecule is CC(C)(C)C(=O)N1CCC(c2nc(-c3cccc(C(F)(F)F)c3)no2)CC1. The van der Waals surface area contributed by atoms with Gasteiger partial charge in [0.25, 0.3) is 0 Å². The number of piperidine rings is 1. The lowest BCUT2D eigenvalue weighted by atomic mass is 9.91. The zero-order chi connectivity index (χ0) is 19.8. The number of amides is 1. The number of rotatable bonds is 2. The molecule has 1 aromatic heterocycles. The Balaban J connectivity index is 1.70. The molecule has 1 saturated heterocycles. The lowest BCUT2D eigenvalue weighted by Crippen LogP contribution is -2.43. The average Bonchev–Trinajstić information content (AvgIpc) is 3.10. The summed E-state index contributed by atoms with van der Waals surface area (Å²) < 4.78 is 43.9. The van der Waals surface area contributed by atoms with Crippen LogP contribution in [0.25, 0.3) is 11.4 Å². The number of carbonyl (C=O) groups is 1. The molecule has 27 heavy (non-hydrogen) atoms. The van der Waals surface area contributed by atoms with Crippen LogP contribution in [0, 0.1) is 5.41 Å². The van der Waals surface area contributed by atoms with Gasteiger partial charge in [0.1, 0.15) is 0 Å². The molecule has 3 rings (SSSR count). The fraction of sp³-hybridized carbons (Fsp3) is 0.526. The zero-order valence-electron chi connectivity index (χ0n) is 15.5. The standard InChI is InChI=1S/C19H22F3N3O2/c1-18(2,3)17(26)25-9-7-12(8-10-25)16-23-15(24-27-16)13-5-4-6-14(11-13)19(20,21)22/h4-6,11-12H,7-10H2,1-3H3. The summed E-state index contributed by atoms with van der Waals surface area (Å²) in [6.07, 6.45) is -3.05. The summed E-state index contributed by atoms with van der Waals surface area (Å²) in [5.41, 5.74) is -0.908. The Morgan fingerprint density at radius 3 is 2.44 bits per heavy atom. The minimum Gasteiger partial charge on any atom is -0.342 e. The Morgan fingerprint density at radius 2 is 1.85 bits per heavy atom. The highest BCUT2D eigenvalue weighted by Crippen LogP contribution is 2.33. The van der Waals surface area contributed by atoms with Crippen molar-refractivity contribution in [1.82, 2.24) is 15.0 Å². The van der Waals surface area contributed by atoms with E-state index in [1.165, 1.54) is 12.1 Å². The van der Waals surface area contributed by atoms with Gasteiger partial charge in [-0.1, -0.05) is 38.1 Å². The third-order valence-electron chi connectivity index (χ3n) is 4.66. The number of hydrogen-bond acceptors (Lipinski definition) is 4. The number of nitrogens with zero attached hydrogens (tertiary/aromatic N) is 3. The summed E-state index contributed by atoms with van der Waals surface area (Å²) in [6.45, 7) is 6.87. The van der Waals surface area contributed by atoms with Crippen molar-refractivity contribution in [2.24, 2.45) is 5.41 Å². The molecule has 1 fully saturated rings. The Hall–Kier alpha value is -2.38. The maximum absolute atomic E-state index is 12.9. The van der Waals surface area contributed by atoms with E-state index < -0.39 is 17.2 Å². The van der Waals surface area contributed by atoms with Crippen LogP contribution in [0.15, 0.2) is 28.8 Å². The maximum atomic E-state index is 12.9.